The molecule has 0 radical (unpaired) electrons. The first-order valence-corrected chi connectivity index (χ1v) is 10.7. The molecule has 2 heterocycles. The van der Waals surface area contributed by atoms with E-state index in [9.17, 15) is 19.2 Å². The van der Waals surface area contributed by atoms with Gasteiger partial charge in [-0.15, -0.1) is 0 Å². The molecule has 2 aromatic heterocycles. The van der Waals surface area contributed by atoms with Crippen LogP contribution in [0.3, 0.4) is 0 Å². The number of rotatable bonds is 3. The van der Waals surface area contributed by atoms with E-state index < -0.39 is 17.0 Å². The fourth-order valence-corrected chi connectivity index (χ4v) is 4.92. The molecule has 0 aliphatic heterocycles. The number of fused-ring (bicyclic) bond motifs is 3. The van der Waals surface area contributed by atoms with E-state index in [0.29, 0.717) is 12.1 Å². The number of aryl methyl sites for hydroxylation is 2. The molecule has 0 bridgehead atoms. The van der Waals surface area contributed by atoms with Gasteiger partial charge in [0.05, 0.1) is 27.1 Å². The Hall–Kier alpha value is -2.78. The predicted octanol–water partition coefficient (Wildman–Crippen LogP) is 3.01. The predicted molar refractivity (Wildman–Crippen MR) is 118 cm³/mol. The molecular weight excluding hydrogens is 470 g/mol. The normalized spacial score (nSPS) is 13.5. The number of Topliss-reactive ketones (excluding diaryl/α,β-unsaturated/α-hetero) is 1. The second kappa shape index (κ2) is 7.48. The number of hydrogen-bond donors (Lipinski definition) is 0. The van der Waals surface area contributed by atoms with Crippen LogP contribution in [-0.4, -0.2) is 25.7 Å². The molecular formula is C21H16BrN3O4S. The van der Waals surface area contributed by atoms with Crippen molar-refractivity contribution in [1.29, 1.82) is 0 Å². The van der Waals surface area contributed by atoms with Gasteiger partial charge < -0.3 is 0 Å². The highest BCUT2D eigenvalue weighted by Gasteiger charge is 2.33. The molecule has 7 nitrogen and oxygen atoms in total. The Kier molecular flexibility index (Phi) is 5.11. The number of halogens is 1. The highest BCUT2D eigenvalue weighted by molar-refractivity contribution is 9.10. The lowest BCUT2D eigenvalue weighted by atomic mass is 9.90. The molecule has 0 N–H and O–H groups in total. The topological polar surface area (TPSA) is 91.0 Å². The number of benzene rings is 1. The van der Waals surface area contributed by atoms with Gasteiger partial charge in [0, 0.05) is 29.5 Å². The molecule has 0 atom stereocenters. The van der Waals surface area contributed by atoms with Gasteiger partial charge in [-0.1, -0.05) is 30.8 Å². The van der Waals surface area contributed by atoms with Crippen LogP contribution in [0, 0.1) is 0 Å². The van der Waals surface area contributed by atoms with E-state index in [2.05, 4.69) is 20.9 Å². The van der Waals surface area contributed by atoms with Crippen LogP contribution in [0.2, 0.25) is 0 Å². The molecule has 0 amide bonds. The van der Waals surface area contributed by atoms with E-state index in [0.717, 1.165) is 13.9 Å². The Bertz CT molecular complexity index is 1420. The van der Waals surface area contributed by atoms with Gasteiger partial charge >= 0.3 is 5.69 Å². The van der Waals surface area contributed by atoms with Crippen molar-refractivity contribution in [2.24, 2.45) is 14.1 Å². The maximum absolute atomic E-state index is 13.4. The van der Waals surface area contributed by atoms with E-state index >= 15 is 0 Å². The number of thioether (sulfide) groups is 1. The number of aromatic nitrogens is 3. The lowest BCUT2D eigenvalue weighted by molar-refractivity contribution is 0.0991. The number of nitrogens with zero attached hydrogens (tertiary/aromatic N) is 3. The molecule has 0 unspecified atom stereocenters. The van der Waals surface area contributed by atoms with Gasteiger partial charge in [-0.3, -0.25) is 23.5 Å². The number of carbonyl (C=O) groups excluding carboxylic acids is 2. The van der Waals surface area contributed by atoms with E-state index in [1.54, 1.807) is 0 Å². The van der Waals surface area contributed by atoms with Crippen molar-refractivity contribution < 1.29 is 9.59 Å². The first-order chi connectivity index (χ1) is 14.3. The van der Waals surface area contributed by atoms with Gasteiger partial charge in [-0.2, -0.15) is 0 Å². The van der Waals surface area contributed by atoms with E-state index in [1.165, 1.54) is 36.5 Å². The fourth-order valence-electron chi connectivity index (χ4n) is 3.48. The van der Waals surface area contributed by atoms with Crippen molar-refractivity contribution in [2.75, 3.05) is 0 Å². The molecule has 0 spiro atoms. The Labute approximate surface area is 183 Å². The Balaban J connectivity index is 2.02. The molecule has 9 heteroatoms. The molecule has 3 aromatic rings. The van der Waals surface area contributed by atoms with Crippen molar-refractivity contribution >= 4 is 50.3 Å². The van der Waals surface area contributed by atoms with Crippen LogP contribution in [0.15, 0.2) is 54.2 Å². The summed E-state index contributed by atoms with van der Waals surface area (Å²) in [6.45, 7) is 1.81. The van der Waals surface area contributed by atoms with Crippen LogP contribution >= 0.6 is 27.7 Å². The summed E-state index contributed by atoms with van der Waals surface area (Å²) in [5, 5.41) is -0.00802. The SMILES string of the molecule is CCc1nc2c(c3c1C(=O)C(Sc1ccccc1Br)=CC3=O)c(=O)n(C)c(=O)n2C. The fraction of sp³-hybridized carbons (Fsp3) is 0.190. The highest BCUT2D eigenvalue weighted by atomic mass is 79.9. The second-order valence-electron chi connectivity index (χ2n) is 6.80. The maximum Gasteiger partial charge on any atom is 0.332 e. The van der Waals surface area contributed by atoms with Crippen LogP contribution in [0.25, 0.3) is 11.0 Å². The molecule has 152 valence electrons. The molecule has 1 aliphatic rings. The molecule has 30 heavy (non-hydrogen) atoms. The van der Waals surface area contributed by atoms with Gasteiger partial charge in [0.2, 0.25) is 5.78 Å². The van der Waals surface area contributed by atoms with Crippen LogP contribution < -0.4 is 11.2 Å². The summed E-state index contributed by atoms with van der Waals surface area (Å²) >= 11 is 4.63. The van der Waals surface area contributed by atoms with Gasteiger partial charge in [0.25, 0.3) is 5.56 Å². The summed E-state index contributed by atoms with van der Waals surface area (Å²) in [5.41, 5.74) is -0.529. The Morgan fingerprint density at radius 2 is 1.73 bits per heavy atom. The number of ketones is 2. The third kappa shape index (κ3) is 3.00. The van der Waals surface area contributed by atoms with E-state index in [-0.39, 0.29) is 32.8 Å². The van der Waals surface area contributed by atoms with Crippen molar-refractivity contribution in [3.05, 3.63) is 77.4 Å². The van der Waals surface area contributed by atoms with E-state index in [1.807, 2.05) is 31.2 Å². The second-order valence-corrected chi connectivity index (χ2v) is 8.74. The lowest BCUT2D eigenvalue weighted by Gasteiger charge is -2.20. The molecule has 4 rings (SSSR count). The minimum atomic E-state index is -0.643. The van der Waals surface area contributed by atoms with Gasteiger partial charge in [0.1, 0.15) is 5.65 Å². The zero-order valence-corrected chi connectivity index (χ0v) is 18.8. The van der Waals surface area contributed by atoms with Crippen LogP contribution in [0.4, 0.5) is 0 Å². The minimum Gasteiger partial charge on any atom is -0.289 e. The Morgan fingerprint density at radius 3 is 2.40 bits per heavy atom. The van der Waals surface area contributed by atoms with Crippen molar-refractivity contribution in [1.82, 2.24) is 14.1 Å². The average molecular weight is 486 g/mol. The summed E-state index contributed by atoms with van der Waals surface area (Å²) in [6.07, 6.45) is 1.63. The third-order valence-electron chi connectivity index (χ3n) is 5.01. The summed E-state index contributed by atoms with van der Waals surface area (Å²) in [7, 11) is 2.82. The van der Waals surface area contributed by atoms with Gasteiger partial charge in [0.15, 0.2) is 5.78 Å². The minimum absolute atomic E-state index is 0.00802. The number of hydrogen-bond acceptors (Lipinski definition) is 6. The number of allylic oxidation sites excluding steroid dienone is 2. The average Bonchev–Trinajstić information content (AvgIpc) is 2.74. The lowest BCUT2D eigenvalue weighted by Crippen LogP contribution is -2.39. The third-order valence-corrected chi connectivity index (χ3v) is 7.07. The Morgan fingerprint density at radius 1 is 1.03 bits per heavy atom. The standard InChI is InChI=1S/C21H16BrN3O4S/c1-4-11-15-16(17-19(23-11)24(2)21(29)25(3)20(17)28)12(26)9-14(18(15)27)30-13-8-6-5-7-10(13)22/h5-9H,4H2,1-3H3. The van der Waals surface area contributed by atoms with Crippen LogP contribution in [0.1, 0.15) is 33.3 Å². The largest absolute Gasteiger partial charge is 0.332 e. The molecule has 0 fully saturated rings. The number of pyridine rings is 1. The van der Waals surface area contributed by atoms with Crippen molar-refractivity contribution in [3.63, 3.8) is 0 Å². The first-order valence-electron chi connectivity index (χ1n) is 9.12. The summed E-state index contributed by atoms with van der Waals surface area (Å²) < 4.78 is 2.95. The molecule has 1 aromatic carbocycles. The van der Waals surface area contributed by atoms with Gasteiger partial charge in [-0.25, -0.2) is 9.78 Å². The summed E-state index contributed by atoms with van der Waals surface area (Å²) in [5.74, 6) is -0.801. The zero-order chi connectivity index (χ0) is 21.7. The van der Waals surface area contributed by atoms with Crippen LogP contribution in [0.5, 0.6) is 0 Å². The van der Waals surface area contributed by atoms with E-state index in [4.69, 9.17) is 0 Å². The smallest absolute Gasteiger partial charge is 0.289 e. The van der Waals surface area contributed by atoms with Gasteiger partial charge in [-0.05, 0) is 34.5 Å². The number of carbonyl (C=O) groups is 2. The van der Waals surface area contributed by atoms with Crippen LogP contribution in [-0.2, 0) is 20.5 Å². The maximum atomic E-state index is 13.4. The van der Waals surface area contributed by atoms with Crippen molar-refractivity contribution in [2.45, 2.75) is 18.2 Å². The summed E-state index contributed by atoms with van der Waals surface area (Å²) in [6, 6.07) is 7.39. The highest BCUT2D eigenvalue weighted by Crippen LogP contribution is 2.38. The quantitative estimate of drug-likeness (QED) is 0.566. The molecule has 0 saturated heterocycles. The molecule has 1 aliphatic carbocycles. The zero-order valence-electron chi connectivity index (χ0n) is 16.4. The first kappa shape index (κ1) is 20.5. The monoisotopic (exact) mass is 485 g/mol. The van der Waals surface area contributed by atoms with Crippen molar-refractivity contribution in [3.8, 4) is 0 Å². The molecule has 0 saturated carbocycles. The summed E-state index contributed by atoms with van der Waals surface area (Å²) in [4.78, 5) is 57.2.